The SMILES string of the molecule is CC(C)(C)C(=O)/C=C(\N)C(F)(F)F. The van der Waals surface area contributed by atoms with Crippen LogP contribution in [0.3, 0.4) is 0 Å². The van der Waals surface area contributed by atoms with E-state index in [0.717, 1.165) is 0 Å². The number of nitrogens with two attached hydrogens (primary N) is 1. The molecule has 0 amide bonds. The lowest BCUT2D eigenvalue weighted by molar-refractivity contribution is -0.122. The van der Waals surface area contributed by atoms with Crippen molar-refractivity contribution in [2.45, 2.75) is 26.9 Å². The van der Waals surface area contributed by atoms with Crippen LogP contribution in [-0.2, 0) is 4.79 Å². The zero-order valence-electron chi connectivity index (χ0n) is 7.70. The number of alkyl halides is 3. The lowest BCUT2D eigenvalue weighted by atomic mass is 9.90. The molecule has 0 aliphatic heterocycles. The van der Waals surface area contributed by atoms with Crippen LogP contribution in [0.5, 0.6) is 0 Å². The Hall–Kier alpha value is -1.00. The average molecular weight is 195 g/mol. The van der Waals surface area contributed by atoms with Gasteiger partial charge in [0.1, 0.15) is 5.70 Å². The second-order valence-electron chi connectivity index (χ2n) is 3.71. The molecule has 0 aromatic heterocycles. The minimum Gasteiger partial charge on any atom is -0.395 e. The number of halogens is 3. The van der Waals surface area contributed by atoms with Gasteiger partial charge in [-0.1, -0.05) is 20.8 Å². The van der Waals surface area contributed by atoms with Crippen molar-refractivity contribution in [2.24, 2.45) is 11.1 Å². The number of hydrogen-bond donors (Lipinski definition) is 1. The van der Waals surface area contributed by atoms with Crippen LogP contribution in [0.15, 0.2) is 11.8 Å². The maximum atomic E-state index is 11.9. The summed E-state index contributed by atoms with van der Waals surface area (Å²) in [7, 11) is 0. The van der Waals surface area contributed by atoms with E-state index in [1.54, 1.807) is 0 Å². The highest BCUT2D eigenvalue weighted by Gasteiger charge is 2.33. The van der Waals surface area contributed by atoms with Gasteiger partial charge in [-0.2, -0.15) is 13.2 Å². The molecule has 0 unspecified atom stereocenters. The van der Waals surface area contributed by atoms with E-state index in [9.17, 15) is 18.0 Å². The van der Waals surface area contributed by atoms with Gasteiger partial charge in [-0.05, 0) is 0 Å². The van der Waals surface area contributed by atoms with E-state index in [1.807, 2.05) is 0 Å². The molecule has 5 heteroatoms. The molecule has 0 spiro atoms. The zero-order chi connectivity index (χ0) is 10.9. The van der Waals surface area contributed by atoms with Crippen molar-refractivity contribution in [1.29, 1.82) is 0 Å². The molecular formula is C8H12F3NO. The van der Waals surface area contributed by atoms with Crippen molar-refractivity contribution in [2.75, 3.05) is 0 Å². The summed E-state index contributed by atoms with van der Waals surface area (Å²) >= 11 is 0. The third-order valence-electron chi connectivity index (χ3n) is 1.35. The molecule has 0 aliphatic rings. The van der Waals surface area contributed by atoms with Crippen molar-refractivity contribution in [3.8, 4) is 0 Å². The van der Waals surface area contributed by atoms with Crippen LogP contribution in [0, 0.1) is 5.41 Å². The number of allylic oxidation sites excluding steroid dienone is 2. The number of rotatable bonds is 1. The second-order valence-corrected chi connectivity index (χ2v) is 3.71. The summed E-state index contributed by atoms with van der Waals surface area (Å²) in [4.78, 5) is 11.1. The molecule has 0 atom stereocenters. The van der Waals surface area contributed by atoms with Gasteiger partial charge in [-0.3, -0.25) is 4.79 Å². The number of ketones is 1. The first-order chi connectivity index (χ1) is 5.55. The Morgan fingerprint density at radius 2 is 1.62 bits per heavy atom. The Bertz CT molecular complexity index is 235. The number of carbonyl (C=O) groups is 1. The molecule has 0 bridgehead atoms. The standard InChI is InChI=1S/C8H12F3NO/c1-7(2,3)6(13)4-5(12)8(9,10)11/h4H,12H2,1-3H3/b5-4-. The van der Waals surface area contributed by atoms with Gasteiger partial charge in [0.2, 0.25) is 0 Å². The summed E-state index contributed by atoms with van der Waals surface area (Å²) in [5.74, 6) is -0.637. The van der Waals surface area contributed by atoms with E-state index >= 15 is 0 Å². The Morgan fingerprint density at radius 1 is 1.23 bits per heavy atom. The Morgan fingerprint density at radius 3 is 1.85 bits per heavy atom. The summed E-state index contributed by atoms with van der Waals surface area (Å²) in [6.07, 6.45) is -4.19. The van der Waals surface area contributed by atoms with Gasteiger partial charge < -0.3 is 5.73 Å². The smallest absolute Gasteiger partial charge is 0.395 e. The zero-order valence-corrected chi connectivity index (χ0v) is 7.70. The van der Waals surface area contributed by atoms with Gasteiger partial charge >= 0.3 is 6.18 Å². The van der Waals surface area contributed by atoms with Gasteiger partial charge in [0.05, 0.1) is 0 Å². The first-order valence-electron chi connectivity index (χ1n) is 3.64. The monoisotopic (exact) mass is 195 g/mol. The molecule has 0 aromatic rings. The second kappa shape index (κ2) is 3.40. The van der Waals surface area contributed by atoms with Gasteiger partial charge in [0.15, 0.2) is 5.78 Å². The van der Waals surface area contributed by atoms with E-state index < -0.39 is 23.1 Å². The molecule has 0 saturated carbocycles. The molecule has 76 valence electrons. The van der Waals surface area contributed by atoms with Crippen LogP contribution in [0.2, 0.25) is 0 Å². The first kappa shape index (κ1) is 12.0. The average Bonchev–Trinajstić information content (AvgIpc) is 1.82. The van der Waals surface area contributed by atoms with Crippen molar-refractivity contribution in [3.05, 3.63) is 11.8 Å². The highest BCUT2D eigenvalue weighted by Crippen LogP contribution is 2.23. The van der Waals surface area contributed by atoms with Gasteiger partial charge in [-0.15, -0.1) is 0 Å². The van der Waals surface area contributed by atoms with Gasteiger partial charge in [0, 0.05) is 11.5 Å². The fourth-order valence-electron chi connectivity index (χ4n) is 0.440. The third kappa shape index (κ3) is 3.96. The molecule has 2 nitrogen and oxygen atoms in total. The van der Waals surface area contributed by atoms with Crippen LogP contribution in [0.1, 0.15) is 20.8 Å². The molecule has 0 fully saturated rings. The molecule has 0 saturated heterocycles. The summed E-state index contributed by atoms with van der Waals surface area (Å²) < 4.78 is 35.6. The number of carbonyl (C=O) groups excluding carboxylic acids is 1. The van der Waals surface area contributed by atoms with Crippen molar-refractivity contribution >= 4 is 5.78 Å². The molecule has 13 heavy (non-hydrogen) atoms. The minimum absolute atomic E-state index is 0.431. The van der Waals surface area contributed by atoms with Gasteiger partial charge in [-0.25, -0.2) is 0 Å². The molecule has 0 radical (unpaired) electrons. The van der Waals surface area contributed by atoms with Crippen molar-refractivity contribution < 1.29 is 18.0 Å². The molecule has 0 aliphatic carbocycles. The fourth-order valence-corrected chi connectivity index (χ4v) is 0.440. The van der Waals surface area contributed by atoms with E-state index in [-0.39, 0.29) is 0 Å². The van der Waals surface area contributed by atoms with Crippen molar-refractivity contribution in [1.82, 2.24) is 0 Å². The Labute approximate surface area is 74.6 Å². The third-order valence-corrected chi connectivity index (χ3v) is 1.35. The van der Waals surface area contributed by atoms with E-state index in [0.29, 0.717) is 6.08 Å². The minimum atomic E-state index is -4.62. The molecular weight excluding hydrogens is 183 g/mol. The predicted octanol–water partition coefficient (Wildman–Crippen LogP) is 2.01. The summed E-state index contributed by atoms with van der Waals surface area (Å²) in [5.41, 5.74) is 2.47. The Kier molecular flexibility index (Phi) is 3.13. The first-order valence-corrected chi connectivity index (χ1v) is 3.64. The Balaban J connectivity index is 4.70. The van der Waals surface area contributed by atoms with E-state index in [2.05, 4.69) is 5.73 Å². The van der Waals surface area contributed by atoms with Crippen LogP contribution < -0.4 is 5.73 Å². The molecule has 0 aromatic carbocycles. The van der Waals surface area contributed by atoms with Gasteiger partial charge in [0.25, 0.3) is 0 Å². The fraction of sp³-hybridized carbons (Fsp3) is 0.625. The lowest BCUT2D eigenvalue weighted by Crippen LogP contribution is -2.24. The highest BCUT2D eigenvalue weighted by molar-refractivity contribution is 5.94. The summed E-state index contributed by atoms with van der Waals surface area (Å²) in [6, 6.07) is 0. The maximum absolute atomic E-state index is 11.9. The van der Waals surface area contributed by atoms with Crippen LogP contribution in [-0.4, -0.2) is 12.0 Å². The van der Waals surface area contributed by atoms with E-state index in [4.69, 9.17) is 0 Å². The molecule has 0 rings (SSSR count). The number of hydrogen-bond acceptors (Lipinski definition) is 2. The summed E-state index contributed by atoms with van der Waals surface area (Å²) in [6.45, 7) is 4.57. The largest absolute Gasteiger partial charge is 0.430 e. The highest BCUT2D eigenvalue weighted by atomic mass is 19.4. The van der Waals surface area contributed by atoms with Crippen LogP contribution >= 0.6 is 0 Å². The lowest BCUT2D eigenvalue weighted by Gasteiger charge is -2.14. The van der Waals surface area contributed by atoms with Crippen LogP contribution in [0.4, 0.5) is 13.2 Å². The topological polar surface area (TPSA) is 43.1 Å². The maximum Gasteiger partial charge on any atom is 0.430 e. The van der Waals surface area contributed by atoms with Crippen LogP contribution in [0.25, 0.3) is 0 Å². The predicted molar refractivity (Wildman–Crippen MR) is 42.8 cm³/mol. The summed E-state index contributed by atoms with van der Waals surface area (Å²) in [5, 5.41) is 0. The van der Waals surface area contributed by atoms with Crippen molar-refractivity contribution in [3.63, 3.8) is 0 Å². The molecule has 0 heterocycles. The van der Waals surface area contributed by atoms with E-state index in [1.165, 1.54) is 20.8 Å². The molecule has 2 N–H and O–H groups in total. The normalized spacial score (nSPS) is 14.5. The quantitative estimate of drug-likeness (QED) is 0.650.